The number of rotatable bonds is 5. The number of halogens is 3. The molecule has 0 atom stereocenters. The molecule has 34 heavy (non-hydrogen) atoms. The molecule has 2 aromatic carbocycles. The van der Waals surface area contributed by atoms with Crippen molar-refractivity contribution in [2.24, 2.45) is 0 Å². The van der Waals surface area contributed by atoms with Gasteiger partial charge in [-0.2, -0.15) is 23.4 Å². The maximum absolute atomic E-state index is 13.1. The maximum atomic E-state index is 13.1. The number of aromatic amines is 1. The molecule has 0 spiro atoms. The van der Waals surface area contributed by atoms with E-state index in [0.29, 0.717) is 17.0 Å². The Morgan fingerprint density at radius 2 is 1.85 bits per heavy atom. The number of amides is 1. The summed E-state index contributed by atoms with van der Waals surface area (Å²) in [4.78, 5) is 25.2. The van der Waals surface area contributed by atoms with Gasteiger partial charge in [-0.25, -0.2) is 4.68 Å². The van der Waals surface area contributed by atoms with E-state index < -0.39 is 28.8 Å². The predicted octanol–water partition coefficient (Wildman–Crippen LogP) is 4.21. The first kappa shape index (κ1) is 22.8. The summed E-state index contributed by atoms with van der Waals surface area (Å²) in [5.41, 5.74) is -0.470. The lowest BCUT2D eigenvalue weighted by atomic mass is 10.1. The Hall–Kier alpha value is -4.41. The highest BCUT2D eigenvalue weighted by atomic mass is 19.4. The van der Waals surface area contributed by atoms with E-state index in [1.807, 2.05) is 6.07 Å². The molecule has 0 radical (unpaired) electrons. The fourth-order valence-electron chi connectivity index (χ4n) is 3.35. The molecule has 0 aliphatic heterocycles. The molecule has 8 nitrogen and oxygen atoms in total. The Kier molecular flexibility index (Phi) is 5.93. The van der Waals surface area contributed by atoms with Crippen molar-refractivity contribution in [3.05, 3.63) is 87.8 Å². The number of hydrogen-bond acceptors (Lipinski definition) is 5. The van der Waals surface area contributed by atoms with Gasteiger partial charge < -0.3 is 10.1 Å². The fourth-order valence-corrected chi connectivity index (χ4v) is 3.35. The number of hydrogen-bond donors (Lipinski definition) is 2. The molecule has 0 aliphatic carbocycles. The van der Waals surface area contributed by atoms with Crippen LogP contribution in [0.2, 0.25) is 0 Å². The lowest BCUT2D eigenvalue weighted by Crippen LogP contribution is -2.27. The van der Waals surface area contributed by atoms with Crippen LogP contribution in [0.15, 0.2) is 65.5 Å². The Labute approximate surface area is 191 Å². The van der Waals surface area contributed by atoms with Crippen LogP contribution in [-0.2, 0) is 6.18 Å². The van der Waals surface area contributed by atoms with Gasteiger partial charge in [0.1, 0.15) is 5.75 Å². The summed E-state index contributed by atoms with van der Waals surface area (Å²) in [6.07, 6.45) is -4.55. The van der Waals surface area contributed by atoms with E-state index in [1.165, 1.54) is 26.2 Å². The van der Waals surface area contributed by atoms with Gasteiger partial charge in [0.25, 0.3) is 5.91 Å². The van der Waals surface area contributed by atoms with Crippen LogP contribution in [0.1, 0.15) is 21.7 Å². The Morgan fingerprint density at radius 3 is 2.59 bits per heavy atom. The molecule has 0 unspecified atom stereocenters. The first-order valence-corrected chi connectivity index (χ1v) is 9.96. The number of aromatic nitrogens is 4. The van der Waals surface area contributed by atoms with Crippen molar-refractivity contribution in [3.8, 4) is 22.7 Å². The number of anilines is 1. The molecule has 2 N–H and O–H groups in total. The number of nitrogens with one attached hydrogen (secondary N) is 2. The van der Waals surface area contributed by atoms with Gasteiger partial charge in [0.15, 0.2) is 11.5 Å². The van der Waals surface area contributed by atoms with Crippen molar-refractivity contribution in [1.29, 1.82) is 0 Å². The molecule has 1 amide bonds. The highest BCUT2D eigenvalue weighted by molar-refractivity contribution is 6.02. The molecule has 4 rings (SSSR count). The number of ether oxygens (including phenoxy) is 1. The van der Waals surface area contributed by atoms with E-state index in [9.17, 15) is 22.8 Å². The summed E-state index contributed by atoms with van der Waals surface area (Å²) in [6.45, 7) is 1.50. The Balaban J connectivity index is 1.64. The lowest BCUT2D eigenvalue weighted by molar-refractivity contribution is -0.137. The smallest absolute Gasteiger partial charge is 0.416 e. The zero-order valence-corrected chi connectivity index (χ0v) is 18.0. The maximum Gasteiger partial charge on any atom is 0.416 e. The summed E-state index contributed by atoms with van der Waals surface area (Å²) in [5.74, 6) is -0.143. The van der Waals surface area contributed by atoms with Crippen molar-refractivity contribution in [2.75, 3.05) is 12.4 Å². The van der Waals surface area contributed by atoms with Crippen LogP contribution in [0.5, 0.6) is 5.75 Å². The zero-order chi connectivity index (χ0) is 24.5. The molecule has 174 valence electrons. The van der Waals surface area contributed by atoms with E-state index in [2.05, 4.69) is 20.6 Å². The summed E-state index contributed by atoms with van der Waals surface area (Å²) < 4.78 is 45.7. The zero-order valence-electron chi connectivity index (χ0n) is 18.0. The molecule has 4 aromatic rings. The Bertz CT molecular complexity index is 1430. The van der Waals surface area contributed by atoms with Crippen molar-refractivity contribution in [3.63, 3.8) is 0 Å². The third-order valence-corrected chi connectivity index (χ3v) is 4.96. The third-order valence-electron chi connectivity index (χ3n) is 4.96. The largest absolute Gasteiger partial charge is 0.496 e. The molecule has 2 heterocycles. The lowest BCUT2D eigenvalue weighted by Gasteiger charge is -2.13. The van der Waals surface area contributed by atoms with E-state index in [1.54, 1.807) is 24.3 Å². The number of alkyl halides is 3. The predicted molar refractivity (Wildman–Crippen MR) is 118 cm³/mol. The number of carbonyl (C=O) groups is 1. The number of benzene rings is 2. The van der Waals surface area contributed by atoms with E-state index in [4.69, 9.17) is 4.74 Å². The normalized spacial score (nSPS) is 11.3. The van der Waals surface area contributed by atoms with Gasteiger partial charge in [0.2, 0.25) is 5.43 Å². The van der Waals surface area contributed by atoms with E-state index in [-0.39, 0.29) is 17.2 Å². The number of aryl methyl sites for hydroxylation is 1. The van der Waals surface area contributed by atoms with Crippen LogP contribution >= 0.6 is 0 Å². The molecule has 0 saturated heterocycles. The minimum atomic E-state index is -4.55. The summed E-state index contributed by atoms with van der Waals surface area (Å²) in [6, 6.07) is 14.3. The number of H-pyrrole nitrogens is 1. The third kappa shape index (κ3) is 4.53. The fraction of sp³-hybridized carbons (Fsp3) is 0.130. The SMILES string of the molecule is COc1ccccc1-c1cc(NC(=O)c2nn(-c3cccc(C(F)(F)F)c3)c(C)cc2=O)n[nH]1. The molecule has 0 aliphatic rings. The average Bonchev–Trinajstić information content (AvgIpc) is 3.26. The first-order valence-electron chi connectivity index (χ1n) is 9.96. The van der Waals surface area contributed by atoms with Gasteiger partial charge in [-0.15, -0.1) is 0 Å². The number of para-hydroxylation sites is 1. The second-order valence-electron chi connectivity index (χ2n) is 7.28. The second-order valence-corrected chi connectivity index (χ2v) is 7.28. The Morgan fingerprint density at radius 1 is 1.09 bits per heavy atom. The highest BCUT2D eigenvalue weighted by Gasteiger charge is 2.30. The average molecular weight is 469 g/mol. The first-order chi connectivity index (χ1) is 16.2. The van der Waals surface area contributed by atoms with E-state index in [0.717, 1.165) is 22.9 Å². The van der Waals surface area contributed by atoms with Gasteiger partial charge in [-0.3, -0.25) is 14.7 Å². The minimum absolute atomic E-state index is 0.0552. The van der Waals surface area contributed by atoms with Crippen LogP contribution in [-0.4, -0.2) is 33.0 Å². The van der Waals surface area contributed by atoms with Crippen molar-refractivity contribution in [2.45, 2.75) is 13.1 Å². The van der Waals surface area contributed by atoms with Crippen LogP contribution < -0.4 is 15.5 Å². The molecule has 0 fully saturated rings. The molecule has 0 saturated carbocycles. The van der Waals surface area contributed by atoms with Gasteiger partial charge in [-0.1, -0.05) is 18.2 Å². The number of methoxy groups -OCH3 is 1. The van der Waals surface area contributed by atoms with Gasteiger partial charge >= 0.3 is 6.18 Å². The standard InChI is InChI=1S/C23H18F3N5O3/c1-13-10-18(32)21(30-31(13)15-7-5-6-14(11-15)23(24,25)26)22(33)27-20-12-17(28-29-20)16-8-3-4-9-19(16)34-2/h3-12H,1-2H3,(H2,27,28,29,33). The summed E-state index contributed by atoms with van der Waals surface area (Å²) in [5, 5.41) is 13.3. The highest BCUT2D eigenvalue weighted by Crippen LogP contribution is 2.31. The van der Waals surface area contributed by atoms with Gasteiger partial charge in [-0.05, 0) is 37.3 Å². The molecule has 2 aromatic heterocycles. The monoisotopic (exact) mass is 469 g/mol. The topological polar surface area (TPSA) is 102 Å². The molecular weight excluding hydrogens is 451 g/mol. The molecular formula is C23H18F3N5O3. The second kappa shape index (κ2) is 8.85. The number of nitrogens with zero attached hydrogens (tertiary/aromatic N) is 3. The van der Waals surface area contributed by atoms with Crippen molar-refractivity contribution in [1.82, 2.24) is 20.0 Å². The number of carbonyl (C=O) groups excluding carboxylic acids is 1. The van der Waals surface area contributed by atoms with Crippen molar-refractivity contribution >= 4 is 11.7 Å². The van der Waals surface area contributed by atoms with Crippen LogP contribution in [0, 0.1) is 6.92 Å². The van der Waals surface area contributed by atoms with Gasteiger partial charge in [0.05, 0.1) is 24.1 Å². The van der Waals surface area contributed by atoms with Crippen LogP contribution in [0.4, 0.5) is 19.0 Å². The van der Waals surface area contributed by atoms with E-state index >= 15 is 0 Å². The van der Waals surface area contributed by atoms with Crippen LogP contribution in [0.25, 0.3) is 16.9 Å². The summed E-state index contributed by atoms with van der Waals surface area (Å²) >= 11 is 0. The minimum Gasteiger partial charge on any atom is -0.496 e. The summed E-state index contributed by atoms with van der Waals surface area (Å²) in [7, 11) is 1.52. The molecule has 11 heteroatoms. The molecule has 0 bridgehead atoms. The van der Waals surface area contributed by atoms with Gasteiger partial charge in [0, 0.05) is 23.4 Å². The quantitative estimate of drug-likeness (QED) is 0.456. The van der Waals surface area contributed by atoms with Crippen LogP contribution in [0.3, 0.4) is 0 Å². The van der Waals surface area contributed by atoms with Crippen molar-refractivity contribution < 1.29 is 22.7 Å².